The number of sulfonamides is 1. The Morgan fingerprint density at radius 3 is 2.40 bits per heavy atom. The molecule has 0 spiro atoms. The summed E-state index contributed by atoms with van der Waals surface area (Å²) in [6, 6.07) is 14.1. The summed E-state index contributed by atoms with van der Waals surface area (Å²) in [7, 11) is -2.35. The third-order valence-corrected chi connectivity index (χ3v) is 5.26. The molecule has 0 atom stereocenters. The number of esters is 1. The van der Waals surface area contributed by atoms with Crippen LogP contribution in [0.5, 0.6) is 5.75 Å². The van der Waals surface area contributed by atoms with Crippen LogP contribution in [0.25, 0.3) is 0 Å². The lowest BCUT2D eigenvalue weighted by Gasteiger charge is -2.15. The molecule has 25 heavy (non-hydrogen) atoms. The molecule has 0 aromatic heterocycles. The summed E-state index contributed by atoms with van der Waals surface area (Å²) in [4.78, 5) is 12.0. The highest BCUT2D eigenvalue weighted by Gasteiger charge is 2.21. The van der Waals surface area contributed by atoms with Gasteiger partial charge in [-0.25, -0.2) is 13.2 Å². The van der Waals surface area contributed by atoms with E-state index in [-0.39, 0.29) is 11.3 Å². The number of hydrogen-bond acceptors (Lipinski definition) is 5. The number of rotatable bonds is 7. The van der Waals surface area contributed by atoms with Gasteiger partial charge in [-0.1, -0.05) is 30.3 Å². The maximum atomic E-state index is 12.1. The second kappa shape index (κ2) is 8.02. The Balaban J connectivity index is 2.26. The number of carbonyl (C=O) groups is 1. The minimum absolute atomic E-state index is 0.0947. The summed E-state index contributed by atoms with van der Waals surface area (Å²) < 4.78 is 37.0. The molecule has 0 amide bonds. The molecule has 0 aliphatic rings. The lowest BCUT2D eigenvalue weighted by atomic mass is 10.1. The van der Waals surface area contributed by atoms with Gasteiger partial charge < -0.3 is 9.47 Å². The molecule has 6 nitrogen and oxygen atoms in total. The molecule has 2 aromatic rings. The molecule has 0 unspecified atom stereocenters. The van der Waals surface area contributed by atoms with E-state index in [1.54, 1.807) is 19.9 Å². The molecule has 0 saturated heterocycles. The van der Waals surface area contributed by atoms with Crippen molar-refractivity contribution < 1.29 is 22.7 Å². The highest BCUT2D eigenvalue weighted by Crippen LogP contribution is 2.25. The van der Waals surface area contributed by atoms with Crippen LogP contribution < -0.4 is 9.46 Å². The Morgan fingerprint density at radius 1 is 1.12 bits per heavy atom. The summed E-state index contributed by atoms with van der Waals surface area (Å²) in [5, 5.41) is -0.632. The van der Waals surface area contributed by atoms with E-state index >= 15 is 0 Å². The van der Waals surface area contributed by atoms with Gasteiger partial charge in [0.1, 0.15) is 12.4 Å². The zero-order valence-electron chi connectivity index (χ0n) is 14.4. The predicted octanol–water partition coefficient (Wildman–Crippen LogP) is 3.20. The smallest absolute Gasteiger partial charge is 0.340 e. The van der Waals surface area contributed by atoms with Gasteiger partial charge in [0.05, 0.1) is 23.6 Å². The second-order valence-electron chi connectivity index (χ2n) is 5.67. The first kappa shape index (κ1) is 18.8. The first-order valence-corrected chi connectivity index (χ1v) is 9.29. The van der Waals surface area contributed by atoms with Crippen molar-refractivity contribution in [1.29, 1.82) is 0 Å². The van der Waals surface area contributed by atoms with E-state index < -0.39 is 21.2 Å². The Bertz CT molecular complexity index is 832. The summed E-state index contributed by atoms with van der Waals surface area (Å²) in [6.45, 7) is 3.44. The lowest BCUT2D eigenvalue weighted by Crippen LogP contribution is -2.23. The number of ether oxygens (including phenoxy) is 2. The summed E-state index contributed by atoms with van der Waals surface area (Å²) in [6.07, 6.45) is 0. The molecule has 0 fully saturated rings. The molecule has 134 valence electrons. The monoisotopic (exact) mass is 363 g/mol. The van der Waals surface area contributed by atoms with E-state index in [9.17, 15) is 13.2 Å². The minimum atomic E-state index is -3.58. The van der Waals surface area contributed by atoms with Crippen LogP contribution in [-0.2, 0) is 21.4 Å². The van der Waals surface area contributed by atoms with Crippen LogP contribution in [0.2, 0.25) is 0 Å². The number of methoxy groups -OCH3 is 1. The van der Waals surface area contributed by atoms with E-state index in [0.29, 0.717) is 12.4 Å². The fraction of sp³-hybridized carbons (Fsp3) is 0.278. The molecule has 0 saturated carbocycles. The molecular weight excluding hydrogens is 342 g/mol. The van der Waals surface area contributed by atoms with E-state index in [1.165, 1.54) is 19.2 Å². The largest absolute Gasteiger partial charge is 0.489 e. The zero-order chi connectivity index (χ0) is 18.4. The topological polar surface area (TPSA) is 81.7 Å². The Hall–Kier alpha value is -2.54. The van der Waals surface area contributed by atoms with Crippen LogP contribution >= 0.6 is 0 Å². The van der Waals surface area contributed by atoms with Crippen molar-refractivity contribution in [2.45, 2.75) is 25.7 Å². The van der Waals surface area contributed by atoms with E-state index in [4.69, 9.17) is 9.47 Å². The van der Waals surface area contributed by atoms with E-state index in [2.05, 4.69) is 4.72 Å². The van der Waals surface area contributed by atoms with Crippen molar-refractivity contribution in [1.82, 2.24) is 0 Å². The van der Waals surface area contributed by atoms with Crippen LogP contribution in [0, 0.1) is 0 Å². The SMILES string of the molecule is COC(=O)c1cc(OCc2ccccc2)ccc1NS(=O)(=O)C(C)C. The molecule has 7 heteroatoms. The third kappa shape index (κ3) is 4.96. The highest BCUT2D eigenvalue weighted by atomic mass is 32.2. The van der Waals surface area contributed by atoms with Crippen molar-refractivity contribution in [3.8, 4) is 5.75 Å². The molecule has 0 bridgehead atoms. The van der Waals surface area contributed by atoms with Gasteiger partial charge >= 0.3 is 5.97 Å². The quantitative estimate of drug-likeness (QED) is 0.764. The van der Waals surface area contributed by atoms with Gasteiger partial charge in [-0.3, -0.25) is 4.72 Å². The van der Waals surface area contributed by atoms with Crippen LogP contribution in [0.4, 0.5) is 5.69 Å². The Labute approximate surface area is 147 Å². The molecule has 0 heterocycles. The summed E-state index contributed by atoms with van der Waals surface area (Å²) >= 11 is 0. The molecular formula is C18H21NO5S. The average Bonchev–Trinajstić information content (AvgIpc) is 2.60. The standard InChI is InChI=1S/C18H21NO5S/c1-13(2)25(21,22)19-17-10-9-15(11-16(17)18(20)23-3)24-12-14-7-5-4-6-8-14/h4-11,13,19H,12H2,1-3H3. The van der Waals surface area contributed by atoms with Crippen molar-refractivity contribution in [3.05, 3.63) is 59.7 Å². The van der Waals surface area contributed by atoms with Crippen molar-refractivity contribution >= 4 is 21.7 Å². The van der Waals surface area contributed by atoms with Gasteiger partial charge in [-0.2, -0.15) is 0 Å². The van der Waals surface area contributed by atoms with Gasteiger partial charge in [0.2, 0.25) is 10.0 Å². The normalized spacial score (nSPS) is 11.2. The van der Waals surface area contributed by atoms with Crippen LogP contribution in [0.1, 0.15) is 29.8 Å². The molecule has 2 aromatic carbocycles. The van der Waals surface area contributed by atoms with E-state index in [0.717, 1.165) is 5.56 Å². The second-order valence-corrected chi connectivity index (χ2v) is 7.91. The van der Waals surface area contributed by atoms with Gasteiger partial charge in [-0.15, -0.1) is 0 Å². The number of anilines is 1. The molecule has 0 aliphatic carbocycles. The van der Waals surface area contributed by atoms with Crippen LogP contribution in [-0.4, -0.2) is 26.7 Å². The molecule has 1 N–H and O–H groups in total. The Kier molecular flexibility index (Phi) is 6.03. The maximum Gasteiger partial charge on any atom is 0.340 e. The highest BCUT2D eigenvalue weighted by molar-refractivity contribution is 7.93. The number of carbonyl (C=O) groups excluding carboxylic acids is 1. The van der Waals surface area contributed by atoms with Crippen LogP contribution in [0.15, 0.2) is 48.5 Å². The van der Waals surface area contributed by atoms with Gasteiger partial charge in [0.25, 0.3) is 0 Å². The van der Waals surface area contributed by atoms with Crippen molar-refractivity contribution in [2.24, 2.45) is 0 Å². The molecule has 0 aliphatic heterocycles. The van der Waals surface area contributed by atoms with Crippen molar-refractivity contribution in [3.63, 3.8) is 0 Å². The minimum Gasteiger partial charge on any atom is -0.489 e. The fourth-order valence-corrected chi connectivity index (χ4v) is 2.71. The van der Waals surface area contributed by atoms with Gasteiger partial charge in [-0.05, 0) is 37.6 Å². The van der Waals surface area contributed by atoms with Gasteiger partial charge in [0.15, 0.2) is 0 Å². The first-order valence-electron chi connectivity index (χ1n) is 7.74. The average molecular weight is 363 g/mol. The predicted molar refractivity (Wildman–Crippen MR) is 96.2 cm³/mol. The zero-order valence-corrected chi connectivity index (χ0v) is 15.2. The van der Waals surface area contributed by atoms with E-state index in [1.807, 2.05) is 30.3 Å². The van der Waals surface area contributed by atoms with Crippen LogP contribution in [0.3, 0.4) is 0 Å². The Morgan fingerprint density at radius 2 is 1.80 bits per heavy atom. The number of nitrogens with one attached hydrogen (secondary N) is 1. The fourth-order valence-electron chi connectivity index (χ4n) is 1.99. The first-order chi connectivity index (χ1) is 11.8. The lowest BCUT2D eigenvalue weighted by molar-refractivity contribution is 0.0601. The summed E-state index contributed by atoms with van der Waals surface area (Å²) in [5.74, 6) is -0.205. The maximum absolute atomic E-state index is 12.1. The van der Waals surface area contributed by atoms with Crippen molar-refractivity contribution in [2.75, 3.05) is 11.8 Å². The molecule has 2 rings (SSSR count). The van der Waals surface area contributed by atoms with Gasteiger partial charge in [0, 0.05) is 0 Å². The number of hydrogen-bond donors (Lipinski definition) is 1. The molecule has 0 radical (unpaired) electrons. The summed E-state index contributed by atoms with van der Waals surface area (Å²) in [5.41, 5.74) is 1.23. The number of benzene rings is 2. The third-order valence-electron chi connectivity index (χ3n) is 3.52.